The lowest BCUT2D eigenvalue weighted by Crippen LogP contribution is -2.58. The molecule has 2 heterocycles. The highest BCUT2D eigenvalue weighted by Crippen LogP contribution is 2.30. The number of carbonyl (C=O) groups excluding carboxylic acids is 2. The molecule has 5 N–H and O–H groups in total. The second kappa shape index (κ2) is 13.1. The number of urea groups is 1. The number of anilines is 1. The van der Waals surface area contributed by atoms with E-state index >= 15 is 0 Å². The molecule has 11 nitrogen and oxygen atoms in total. The van der Waals surface area contributed by atoms with Gasteiger partial charge in [0.15, 0.2) is 0 Å². The van der Waals surface area contributed by atoms with Gasteiger partial charge in [-0.1, -0.05) is 6.07 Å². The van der Waals surface area contributed by atoms with Crippen molar-refractivity contribution in [3.05, 3.63) is 52.1 Å². The molecule has 230 valence electrons. The summed E-state index contributed by atoms with van der Waals surface area (Å²) in [5.74, 6) is 0.0626. The third kappa shape index (κ3) is 7.14. The number of hydrogen-bond donors (Lipinski definition) is 3. The molecule has 3 aliphatic rings. The molecule has 1 aromatic heterocycles. The third-order valence-corrected chi connectivity index (χ3v) is 9.01. The number of rotatable bonds is 5. The molecule has 2 aromatic rings. The molecule has 0 radical (unpaired) electrons. The van der Waals surface area contributed by atoms with Gasteiger partial charge in [0.1, 0.15) is 5.82 Å². The Balaban J connectivity index is 0.00000405. The predicted molar refractivity (Wildman–Crippen MR) is 166 cm³/mol. The lowest BCUT2D eigenvalue weighted by Gasteiger charge is -2.40. The molecule has 0 bridgehead atoms. The zero-order valence-corrected chi connectivity index (χ0v) is 25.7. The van der Waals surface area contributed by atoms with Crippen molar-refractivity contribution in [1.29, 1.82) is 0 Å². The Morgan fingerprint density at radius 1 is 0.976 bits per heavy atom. The number of halogens is 1. The third-order valence-electron chi connectivity index (χ3n) is 9.01. The maximum Gasteiger partial charge on any atom is 0.354 e. The molecule has 1 atom stereocenters. The van der Waals surface area contributed by atoms with Crippen molar-refractivity contribution in [3.8, 4) is 5.69 Å². The van der Waals surface area contributed by atoms with Crippen LogP contribution in [0.3, 0.4) is 0 Å². The number of aryl methyl sites for hydroxylation is 1. The Bertz CT molecular complexity index is 1330. The van der Waals surface area contributed by atoms with Crippen molar-refractivity contribution in [2.24, 2.45) is 11.5 Å². The number of likely N-dealkylation sites (N-methyl/N-ethyl adjacent to an activating group) is 1. The second-order valence-electron chi connectivity index (χ2n) is 12.5. The van der Waals surface area contributed by atoms with E-state index in [0.717, 1.165) is 37.8 Å². The van der Waals surface area contributed by atoms with Crippen LogP contribution in [-0.2, 0) is 17.6 Å². The van der Waals surface area contributed by atoms with E-state index in [4.69, 9.17) is 11.5 Å². The fourth-order valence-electron chi connectivity index (χ4n) is 6.40. The maximum atomic E-state index is 12.9. The van der Waals surface area contributed by atoms with Gasteiger partial charge >= 0.3 is 11.7 Å². The molecule has 0 spiro atoms. The van der Waals surface area contributed by atoms with E-state index in [1.54, 1.807) is 35.9 Å². The Kier molecular flexibility index (Phi) is 9.97. The van der Waals surface area contributed by atoms with Crippen LogP contribution in [0, 0.1) is 0 Å². The van der Waals surface area contributed by atoms with Gasteiger partial charge in [-0.05, 0) is 95.2 Å². The zero-order valence-electron chi connectivity index (χ0n) is 24.9. The highest BCUT2D eigenvalue weighted by Gasteiger charge is 2.32. The van der Waals surface area contributed by atoms with Crippen LogP contribution < -0.4 is 22.5 Å². The van der Waals surface area contributed by atoms with E-state index in [1.807, 2.05) is 6.07 Å². The lowest BCUT2D eigenvalue weighted by molar-refractivity contribution is -0.137. The fraction of sp³-hybridized carbons (Fsp3) is 0.600. The fourth-order valence-corrected chi connectivity index (χ4v) is 6.40. The average molecular weight is 601 g/mol. The number of hydrogen-bond acceptors (Lipinski definition) is 7. The number of carbonyl (C=O) groups is 2. The zero-order chi connectivity index (χ0) is 29.3. The summed E-state index contributed by atoms with van der Waals surface area (Å²) in [6, 6.07) is 8.99. The summed E-state index contributed by atoms with van der Waals surface area (Å²) in [5, 5.41) is 2.72. The van der Waals surface area contributed by atoms with Gasteiger partial charge in [0, 0.05) is 50.5 Å². The number of amides is 3. The van der Waals surface area contributed by atoms with Crippen LogP contribution in [0.4, 0.5) is 10.6 Å². The van der Waals surface area contributed by atoms with Gasteiger partial charge in [0.25, 0.3) is 0 Å². The Morgan fingerprint density at radius 3 is 2.29 bits per heavy atom. The molecule has 2 aliphatic carbocycles. The van der Waals surface area contributed by atoms with Crippen LogP contribution in [0.1, 0.15) is 57.1 Å². The van der Waals surface area contributed by atoms with Gasteiger partial charge in [-0.2, -0.15) is 4.98 Å². The summed E-state index contributed by atoms with van der Waals surface area (Å²) in [5.41, 5.74) is 14.0. The maximum absolute atomic E-state index is 12.9. The molecular weight excluding hydrogens is 556 g/mol. The van der Waals surface area contributed by atoms with Crippen LogP contribution in [0.2, 0.25) is 0 Å². The molecule has 12 heteroatoms. The second-order valence-corrected chi connectivity index (χ2v) is 12.5. The van der Waals surface area contributed by atoms with Crippen molar-refractivity contribution in [2.45, 2.75) is 82.5 Å². The van der Waals surface area contributed by atoms with E-state index in [2.05, 4.69) is 34.4 Å². The summed E-state index contributed by atoms with van der Waals surface area (Å²) in [7, 11) is 2.26. The number of aromatic nitrogens is 2. The minimum absolute atomic E-state index is 0. The van der Waals surface area contributed by atoms with Gasteiger partial charge in [0.05, 0.1) is 11.2 Å². The monoisotopic (exact) mass is 600 g/mol. The number of nitrogens with one attached hydrogen (secondary N) is 1. The highest BCUT2D eigenvalue weighted by molar-refractivity contribution is 5.89. The van der Waals surface area contributed by atoms with Gasteiger partial charge in [0.2, 0.25) is 5.91 Å². The summed E-state index contributed by atoms with van der Waals surface area (Å²) in [4.78, 5) is 48.1. The minimum atomic E-state index is -0.945. The van der Waals surface area contributed by atoms with E-state index in [9.17, 15) is 14.4 Å². The van der Waals surface area contributed by atoms with Gasteiger partial charge < -0.3 is 26.2 Å². The molecular formula is C30H45ClN8O3. The van der Waals surface area contributed by atoms with Crippen molar-refractivity contribution >= 4 is 30.2 Å². The van der Waals surface area contributed by atoms with Gasteiger partial charge in [-0.25, -0.2) is 9.59 Å². The van der Waals surface area contributed by atoms with E-state index in [-0.39, 0.29) is 30.2 Å². The van der Waals surface area contributed by atoms with Crippen LogP contribution in [0.5, 0.6) is 0 Å². The quantitative estimate of drug-likeness (QED) is 0.477. The van der Waals surface area contributed by atoms with E-state index < -0.39 is 11.2 Å². The molecule has 1 aromatic carbocycles. The standard InChI is InChI=1S/C30H44N8O3.ClH/c1-30(2,32)27(39)36-14-16-37(17-15-36)28(40)33-26-12-13-38(29(41)34-26)25-9-5-20-18-24(8-4-21(20)19-25)35(3)23-10-6-22(31)7-11-23;/h5,9,12-13,19,22-24H,4,6-8,10-11,14-18,31-32H2,1-3H3,(H,33,34,40,41);1H. The van der Waals surface area contributed by atoms with E-state index in [1.165, 1.54) is 28.5 Å². The normalized spacial score (nSPS) is 22.8. The van der Waals surface area contributed by atoms with Crippen molar-refractivity contribution in [3.63, 3.8) is 0 Å². The van der Waals surface area contributed by atoms with Crippen molar-refractivity contribution in [2.75, 3.05) is 38.5 Å². The average Bonchev–Trinajstić information content (AvgIpc) is 2.96. The van der Waals surface area contributed by atoms with Crippen LogP contribution in [0.25, 0.3) is 5.69 Å². The lowest BCUT2D eigenvalue weighted by atomic mass is 9.84. The number of fused-ring (bicyclic) bond motifs is 1. The Morgan fingerprint density at radius 2 is 1.64 bits per heavy atom. The number of nitrogens with two attached hydrogens (primary N) is 2. The van der Waals surface area contributed by atoms with Gasteiger partial charge in [-0.3, -0.25) is 14.7 Å². The smallest absolute Gasteiger partial charge is 0.338 e. The minimum Gasteiger partial charge on any atom is -0.338 e. The first kappa shape index (κ1) is 31.9. The summed E-state index contributed by atoms with van der Waals surface area (Å²) < 4.78 is 1.51. The highest BCUT2D eigenvalue weighted by atomic mass is 35.5. The first-order valence-electron chi connectivity index (χ1n) is 14.8. The number of piperazine rings is 1. The Labute approximate surface area is 254 Å². The van der Waals surface area contributed by atoms with Crippen molar-refractivity contribution < 1.29 is 9.59 Å². The molecule has 1 saturated carbocycles. The Hall–Kier alpha value is -2.99. The summed E-state index contributed by atoms with van der Waals surface area (Å²) in [6.07, 6.45) is 9.32. The SMILES string of the molecule is CN(C1CCC(N)CC1)C1CCc2cc(-n3ccc(NC(=O)N4CCN(C(=O)C(C)(C)N)CC4)nc3=O)ccc2C1.Cl. The molecule has 5 rings (SSSR count). The van der Waals surface area contributed by atoms with E-state index in [0.29, 0.717) is 44.3 Å². The topological polar surface area (TPSA) is 143 Å². The summed E-state index contributed by atoms with van der Waals surface area (Å²) >= 11 is 0. The van der Waals surface area contributed by atoms with Crippen LogP contribution >= 0.6 is 12.4 Å². The number of nitrogens with zero attached hydrogens (tertiary/aromatic N) is 5. The molecule has 3 amide bonds. The predicted octanol–water partition coefficient (Wildman–Crippen LogP) is 2.13. The summed E-state index contributed by atoms with van der Waals surface area (Å²) in [6.45, 7) is 4.93. The van der Waals surface area contributed by atoms with Crippen LogP contribution in [0.15, 0.2) is 35.3 Å². The molecule has 2 fully saturated rings. The molecule has 42 heavy (non-hydrogen) atoms. The first-order chi connectivity index (χ1) is 19.5. The first-order valence-corrected chi connectivity index (χ1v) is 14.8. The van der Waals surface area contributed by atoms with Crippen LogP contribution in [-0.4, -0.2) is 93.1 Å². The molecule has 1 saturated heterocycles. The van der Waals surface area contributed by atoms with Gasteiger partial charge in [-0.15, -0.1) is 12.4 Å². The number of benzene rings is 1. The van der Waals surface area contributed by atoms with Crippen molar-refractivity contribution in [1.82, 2.24) is 24.3 Å². The largest absolute Gasteiger partial charge is 0.354 e. The molecule has 1 aliphatic heterocycles. The molecule has 1 unspecified atom stereocenters.